The first kappa shape index (κ1) is 29.7. The van der Waals surface area contributed by atoms with Crippen LogP contribution < -0.4 is 14.4 Å². The highest BCUT2D eigenvalue weighted by atomic mass is 32.2. The van der Waals surface area contributed by atoms with Crippen molar-refractivity contribution >= 4 is 27.5 Å². The van der Waals surface area contributed by atoms with Crippen LogP contribution in [0.2, 0.25) is 0 Å². The largest absolute Gasteiger partial charge is 0.497 e. The van der Waals surface area contributed by atoms with Crippen LogP contribution in [0.15, 0.2) is 77.7 Å². The second-order valence-electron chi connectivity index (χ2n) is 9.87. The molecule has 0 radical (unpaired) electrons. The molecule has 0 saturated carbocycles. The maximum Gasteiger partial charge on any atom is 0.264 e. The summed E-state index contributed by atoms with van der Waals surface area (Å²) in [6.07, 6.45) is 0. The zero-order chi connectivity index (χ0) is 28.7. The lowest BCUT2D eigenvalue weighted by Gasteiger charge is -2.32. The molecular weight excluding hydrogens is 514 g/mol. The zero-order valence-electron chi connectivity index (χ0n) is 23.3. The van der Waals surface area contributed by atoms with Gasteiger partial charge in [0.15, 0.2) is 0 Å². The van der Waals surface area contributed by atoms with Crippen molar-refractivity contribution in [3.8, 4) is 5.75 Å². The van der Waals surface area contributed by atoms with Crippen LogP contribution in [0.3, 0.4) is 0 Å². The second-order valence-corrected chi connectivity index (χ2v) is 11.7. The van der Waals surface area contributed by atoms with Gasteiger partial charge in [0.1, 0.15) is 18.3 Å². The van der Waals surface area contributed by atoms with Crippen molar-refractivity contribution in [3.63, 3.8) is 0 Å². The molecule has 0 heterocycles. The number of amides is 2. The van der Waals surface area contributed by atoms with Gasteiger partial charge in [-0.15, -0.1) is 0 Å². The highest BCUT2D eigenvalue weighted by Gasteiger charge is 2.32. The Morgan fingerprint density at radius 3 is 2.05 bits per heavy atom. The summed E-state index contributed by atoms with van der Waals surface area (Å²) in [6.45, 7) is 8.80. The molecule has 0 aliphatic rings. The summed E-state index contributed by atoms with van der Waals surface area (Å²) in [5, 5.41) is 2.85. The molecule has 1 unspecified atom stereocenters. The van der Waals surface area contributed by atoms with E-state index in [2.05, 4.69) is 5.32 Å². The van der Waals surface area contributed by atoms with E-state index in [1.807, 2.05) is 52.0 Å². The lowest BCUT2D eigenvalue weighted by molar-refractivity contribution is -0.139. The number of nitrogens with one attached hydrogen (secondary N) is 1. The Morgan fingerprint density at radius 1 is 0.897 bits per heavy atom. The Morgan fingerprint density at radius 2 is 1.49 bits per heavy atom. The van der Waals surface area contributed by atoms with E-state index in [1.54, 1.807) is 43.3 Å². The molecule has 208 valence electrons. The minimum atomic E-state index is -4.14. The maximum atomic E-state index is 13.9. The summed E-state index contributed by atoms with van der Waals surface area (Å²) < 4.78 is 34.1. The van der Waals surface area contributed by atoms with Crippen LogP contribution in [0.25, 0.3) is 0 Å². The number of benzene rings is 3. The molecule has 0 aliphatic carbocycles. The number of rotatable bonds is 11. The number of carbonyl (C=O) groups excluding carboxylic acids is 2. The molecule has 3 aromatic carbocycles. The lowest BCUT2D eigenvalue weighted by Crippen LogP contribution is -2.52. The molecule has 0 saturated heterocycles. The first-order valence-electron chi connectivity index (χ1n) is 12.8. The summed E-state index contributed by atoms with van der Waals surface area (Å²) in [5.74, 6) is -0.384. The summed E-state index contributed by atoms with van der Waals surface area (Å²) in [7, 11) is -2.65. The van der Waals surface area contributed by atoms with Crippen molar-refractivity contribution in [2.24, 2.45) is 0 Å². The molecule has 8 nitrogen and oxygen atoms in total. The monoisotopic (exact) mass is 551 g/mol. The van der Waals surface area contributed by atoms with Crippen LogP contribution in [0.5, 0.6) is 5.75 Å². The highest BCUT2D eigenvalue weighted by molar-refractivity contribution is 7.92. The lowest BCUT2D eigenvalue weighted by atomic mass is 10.1. The van der Waals surface area contributed by atoms with Gasteiger partial charge in [-0.05, 0) is 64.4 Å². The van der Waals surface area contributed by atoms with Crippen molar-refractivity contribution in [1.82, 2.24) is 10.2 Å². The van der Waals surface area contributed by atoms with Gasteiger partial charge in [-0.3, -0.25) is 13.9 Å². The molecular formula is C30H37N3O5S. The van der Waals surface area contributed by atoms with Crippen LogP contribution in [0.4, 0.5) is 5.69 Å². The minimum absolute atomic E-state index is 0.0550. The van der Waals surface area contributed by atoms with Crippen LogP contribution in [0, 0.1) is 13.8 Å². The number of hydrogen-bond donors (Lipinski definition) is 1. The predicted octanol–water partition coefficient (Wildman–Crippen LogP) is 4.45. The molecule has 2 amide bonds. The molecule has 9 heteroatoms. The number of anilines is 1. The number of aryl methyl sites for hydroxylation is 2. The molecule has 0 fully saturated rings. The van der Waals surface area contributed by atoms with Gasteiger partial charge < -0.3 is 15.0 Å². The molecule has 3 rings (SSSR count). The van der Waals surface area contributed by atoms with Gasteiger partial charge >= 0.3 is 0 Å². The number of ether oxygens (including phenoxy) is 1. The Hall–Kier alpha value is -3.85. The first-order chi connectivity index (χ1) is 18.4. The number of sulfonamides is 1. The number of nitrogens with zero attached hydrogens (tertiary/aromatic N) is 2. The van der Waals surface area contributed by atoms with Crippen molar-refractivity contribution in [2.45, 2.75) is 58.1 Å². The summed E-state index contributed by atoms with van der Waals surface area (Å²) in [4.78, 5) is 28.4. The average Bonchev–Trinajstić information content (AvgIpc) is 2.90. The van der Waals surface area contributed by atoms with E-state index >= 15 is 0 Å². The van der Waals surface area contributed by atoms with Crippen LogP contribution in [-0.2, 0) is 26.2 Å². The van der Waals surface area contributed by atoms with E-state index in [0.717, 1.165) is 21.0 Å². The molecule has 0 spiro atoms. The van der Waals surface area contributed by atoms with Gasteiger partial charge in [0.05, 0.1) is 17.7 Å². The second kappa shape index (κ2) is 12.8. The number of methoxy groups -OCH3 is 1. The van der Waals surface area contributed by atoms with Gasteiger partial charge in [0.2, 0.25) is 11.8 Å². The fourth-order valence-corrected chi connectivity index (χ4v) is 5.42. The van der Waals surface area contributed by atoms with Crippen LogP contribution in [0.1, 0.15) is 37.5 Å². The van der Waals surface area contributed by atoms with E-state index in [0.29, 0.717) is 5.75 Å². The smallest absolute Gasteiger partial charge is 0.264 e. The van der Waals surface area contributed by atoms with Gasteiger partial charge in [-0.1, -0.05) is 53.6 Å². The van der Waals surface area contributed by atoms with Gasteiger partial charge in [-0.2, -0.15) is 0 Å². The van der Waals surface area contributed by atoms with Crippen molar-refractivity contribution in [3.05, 3.63) is 89.5 Å². The van der Waals surface area contributed by atoms with E-state index in [1.165, 1.54) is 24.1 Å². The zero-order valence-corrected chi connectivity index (χ0v) is 24.2. The maximum absolute atomic E-state index is 13.9. The van der Waals surface area contributed by atoms with E-state index in [-0.39, 0.29) is 29.1 Å². The van der Waals surface area contributed by atoms with E-state index in [4.69, 9.17) is 4.74 Å². The predicted molar refractivity (Wildman–Crippen MR) is 153 cm³/mol. The molecule has 39 heavy (non-hydrogen) atoms. The van der Waals surface area contributed by atoms with E-state index < -0.39 is 28.5 Å². The topological polar surface area (TPSA) is 96.0 Å². The highest BCUT2D eigenvalue weighted by Crippen LogP contribution is 2.28. The number of carbonyl (C=O) groups is 2. The van der Waals surface area contributed by atoms with Gasteiger partial charge in [0, 0.05) is 18.7 Å². The Bertz CT molecular complexity index is 1390. The van der Waals surface area contributed by atoms with Crippen molar-refractivity contribution < 1.29 is 22.7 Å². The van der Waals surface area contributed by atoms with Gasteiger partial charge in [-0.25, -0.2) is 8.42 Å². The first-order valence-corrected chi connectivity index (χ1v) is 14.2. The Kier molecular flexibility index (Phi) is 9.75. The van der Waals surface area contributed by atoms with Crippen LogP contribution in [-0.4, -0.2) is 50.9 Å². The standard InChI is InChI=1S/C30H37N3O5S/c1-21(2)31-30(35)24(5)32(19-25-14-10-22(3)11-15-25)29(34)20-33(26-8-7-9-27(18-26)38-6)39(36,37)28-16-12-23(4)13-17-28/h7-18,21,24H,19-20H2,1-6H3,(H,31,35). The third-order valence-electron chi connectivity index (χ3n) is 6.30. The fraction of sp³-hybridized carbons (Fsp3) is 0.333. The third kappa shape index (κ3) is 7.60. The Balaban J connectivity index is 2.04. The Labute approximate surface area is 231 Å². The van der Waals surface area contributed by atoms with Gasteiger partial charge in [0.25, 0.3) is 10.0 Å². The fourth-order valence-electron chi connectivity index (χ4n) is 4.01. The minimum Gasteiger partial charge on any atom is -0.497 e. The van der Waals surface area contributed by atoms with Crippen molar-refractivity contribution in [2.75, 3.05) is 18.0 Å². The normalized spacial score (nSPS) is 12.1. The molecule has 3 aromatic rings. The summed E-state index contributed by atoms with van der Waals surface area (Å²) >= 11 is 0. The average molecular weight is 552 g/mol. The molecule has 0 aliphatic heterocycles. The molecule has 0 bridgehead atoms. The molecule has 1 atom stereocenters. The molecule has 0 aromatic heterocycles. The summed E-state index contributed by atoms with van der Waals surface area (Å²) in [6, 6.07) is 19.7. The third-order valence-corrected chi connectivity index (χ3v) is 8.09. The quantitative estimate of drug-likeness (QED) is 0.380. The number of hydrogen-bond acceptors (Lipinski definition) is 5. The SMILES string of the molecule is COc1cccc(N(CC(=O)N(Cc2ccc(C)cc2)C(C)C(=O)NC(C)C)S(=O)(=O)c2ccc(C)cc2)c1. The van der Waals surface area contributed by atoms with Crippen LogP contribution >= 0.6 is 0 Å². The van der Waals surface area contributed by atoms with Crippen molar-refractivity contribution in [1.29, 1.82) is 0 Å². The van der Waals surface area contributed by atoms with E-state index in [9.17, 15) is 18.0 Å². The summed E-state index contributed by atoms with van der Waals surface area (Å²) in [5.41, 5.74) is 3.08. The molecule has 1 N–H and O–H groups in total.